The molecular weight excluding hydrogens is 348 g/mol. The molecule has 0 bridgehead atoms. The Morgan fingerprint density at radius 1 is 0.833 bits per heavy atom. The largest absolute Gasteiger partial charge is 0.279 e. The number of aryl methyl sites for hydroxylation is 1. The molecule has 0 aliphatic carbocycles. The van der Waals surface area contributed by atoms with Crippen molar-refractivity contribution in [3.8, 4) is 0 Å². The SMILES string of the molecule is Cc1cccc(NS(=O)(=O)c2ccc(S(=O)(=O)N(C)C)cc2)c1C. The number of benzene rings is 2. The summed E-state index contributed by atoms with van der Waals surface area (Å²) in [5.74, 6) is 0. The summed E-state index contributed by atoms with van der Waals surface area (Å²) in [6, 6.07) is 10.5. The molecule has 0 saturated carbocycles. The van der Waals surface area contributed by atoms with E-state index in [1.54, 1.807) is 12.1 Å². The van der Waals surface area contributed by atoms with Gasteiger partial charge in [-0.1, -0.05) is 12.1 Å². The molecule has 0 saturated heterocycles. The van der Waals surface area contributed by atoms with Crippen LogP contribution in [0.2, 0.25) is 0 Å². The van der Waals surface area contributed by atoms with E-state index in [9.17, 15) is 16.8 Å². The zero-order chi connectivity index (χ0) is 18.1. The smallest absolute Gasteiger partial charge is 0.261 e. The molecule has 0 radical (unpaired) electrons. The van der Waals surface area contributed by atoms with Crippen LogP contribution in [0, 0.1) is 13.8 Å². The van der Waals surface area contributed by atoms with Crippen LogP contribution in [-0.4, -0.2) is 35.2 Å². The minimum absolute atomic E-state index is 0.00103. The Balaban J connectivity index is 2.36. The molecule has 0 amide bonds. The second-order valence-corrected chi connectivity index (χ2v) is 9.45. The lowest BCUT2D eigenvalue weighted by atomic mass is 10.1. The van der Waals surface area contributed by atoms with E-state index in [1.807, 2.05) is 19.9 Å². The van der Waals surface area contributed by atoms with E-state index in [4.69, 9.17) is 0 Å². The highest BCUT2D eigenvalue weighted by atomic mass is 32.2. The van der Waals surface area contributed by atoms with E-state index in [1.165, 1.54) is 38.4 Å². The van der Waals surface area contributed by atoms with Crippen molar-refractivity contribution >= 4 is 25.7 Å². The van der Waals surface area contributed by atoms with Crippen molar-refractivity contribution in [2.24, 2.45) is 0 Å². The van der Waals surface area contributed by atoms with Crippen molar-refractivity contribution in [3.05, 3.63) is 53.6 Å². The third-order valence-corrected chi connectivity index (χ3v) is 6.97. The summed E-state index contributed by atoms with van der Waals surface area (Å²) in [6.45, 7) is 3.73. The van der Waals surface area contributed by atoms with Crippen LogP contribution >= 0.6 is 0 Å². The van der Waals surface area contributed by atoms with Gasteiger partial charge in [0.15, 0.2) is 0 Å². The standard InChI is InChI=1S/C16H20N2O4S2/c1-12-6-5-7-16(13(12)2)17-23(19,20)14-8-10-15(11-9-14)24(21,22)18(3)4/h5-11,17H,1-4H3. The fourth-order valence-corrected chi connectivity index (χ4v) is 4.09. The summed E-state index contributed by atoms with van der Waals surface area (Å²) < 4.78 is 52.6. The first-order valence-electron chi connectivity index (χ1n) is 7.17. The van der Waals surface area contributed by atoms with Gasteiger partial charge in [-0.3, -0.25) is 4.72 Å². The normalized spacial score (nSPS) is 12.4. The number of hydrogen-bond donors (Lipinski definition) is 1. The van der Waals surface area contributed by atoms with Crippen LogP contribution in [0.15, 0.2) is 52.3 Å². The van der Waals surface area contributed by atoms with Gasteiger partial charge in [-0.2, -0.15) is 0 Å². The highest BCUT2D eigenvalue weighted by molar-refractivity contribution is 7.92. The van der Waals surface area contributed by atoms with Crippen molar-refractivity contribution in [1.29, 1.82) is 0 Å². The van der Waals surface area contributed by atoms with Crippen molar-refractivity contribution in [3.63, 3.8) is 0 Å². The van der Waals surface area contributed by atoms with Crippen LogP contribution in [0.5, 0.6) is 0 Å². The lowest BCUT2D eigenvalue weighted by molar-refractivity contribution is 0.520. The summed E-state index contributed by atoms with van der Waals surface area (Å²) >= 11 is 0. The molecule has 0 aliphatic rings. The number of rotatable bonds is 5. The highest BCUT2D eigenvalue weighted by Gasteiger charge is 2.20. The molecule has 1 N–H and O–H groups in total. The number of anilines is 1. The van der Waals surface area contributed by atoms with Gasteiger partial charge in [0.25, 0.3) is 10.0 Å². The molecule has 0 aromatic heterocycles. The number of nitrogens with zero attached hydrogens (tertiary/aromatic N) is 1. The molecule has 2 aromatic carbocycles. The van der Waals surface area contributed by atoms with Crippen molar-refractivity contribution < 1.29 is 16.8 Å². The van der Waals surface area contributed by atoms with Gasteiger partial charge in [0.05, 0.1) is 15.5 Å². The van der Waals surface area contributed by atoms with Gasteiger partial charge in [0.1, 0.15) is 0 Å². The fourth-order valence-electron chi connectivity index (χ4n) is 2.07. The Bertz CT molecular complexity index is 948. The fraction of sp³-hybridized carbons (Fsp3) is 0.250. The van der Waals surface area contributed by atoms with Crippen LogP contribution < -0.4 is 4.72 Å². The average Bonchev–Trinajstić information content (AvgIpc) is 2.51. The summed E-state index contributed by atoms with van der Waals surface area (Å²) in [7, 11) is -4.55. The Labute approximate surface area is 143 Å². The van der Waals surface area contributed by atoms with Crippen LogP contribution in [0.4, 0.5) is 5.69 Å². The zero-order valence-electron chi connectivity index (χ0n) is 13.9. The number of hydrogen-bond acceptors (Lipinski definition) is 4. The number of sulfonamides is 2. The molecule has 0 unspecified atom stereocenters. The first-order chi connectivity index (χ1) is 11.1. The van der Waals surface area contributed by atoms with E-state index in [-0.39, 0.29) is 9.79 Å². The molecule has 6 nitrogen and oxygen atoms in total. The van der Waals surface area contributed by atoms with Crippen molar-refractivity contribution in [1.82, 2.24) is 4.31 Å². The van der Waals surface area contributed by atoms with Gasteiger partial charge in [-0.15, -0.1) is 0 Å². The number of nitrogens with one attached hydrogen (secondary N) is 1. The van der Waals surface area contributed by atoms with Gasteiger partial charge >= 0.3 is 0 Å². The van der Waals surface area contributed by atoms with E-state index in [0.29, 0.717) is 5.69 Å². The van der Waals surface area contributed by atoms with Crippen molar-refractivity contribution in [2.45, 2.75) is 23.6 Å². The maximum absolute atomic E-state index is 12.5. The van der Waals surface area contributed by atoms with E-state index < -0.39 is 20.0 Å². The molecule has 8 heteroatoms. The van der Waals surface area contributed by atoms with Gasteiger partial charge in [0.2, 0.25) is 10.0 Å². The van der Waals surface area contributed by atoms with Gasteiger partial charge in [-0.05, 0) is 55.3 Å². The van der Waals surface area contributed by atoms with E-state index in [2.05, 4.69) is 4.72 Å². The van der Waals surface area contributed by atoms with Crippen LogP contribution in [0.3, 0.4) is 0 Å². The molecule has 0 spiro atoms. The minimum atomic E-state index is -3.79. The molecule has 2 rings (SSSR count). The van der Waals surface area contributed by atoms with Gasteiger partial charge in [0, 0.05) is 14.1 Å². The first-order valence-corrected chi connectivity index (χ1v) is 10.1. The predicted octanol–water partition coefficient (Wildman–Crippen LogP) is 2.35. The predicted molar refractivity (Wildman–Crippen MR) is 94.0 cm³/mol. The Hall–Kier alpha value is -1.90. The molecule has 0 fully saturated rings. The first kappa shape index (κ1) is 18.4. The molecule has 0 atom stereocenters. The van der Waals surface area contributed by atoms with Crippen LogP contribution in [0.1, 0.15) is 11.1 Å². The Morgan fingerprint density at radius 2 is 1.38 bits per heavy atom. The third-order valence-electron chi connectivity index (χ3n) is 3.76. The second-order valence-electron chi connectivity index (χ2n) is 5.61. The van der Waals surface area contributed by atoms with E-state index >= 15 is 0 Å². The quantitative estimate of drug-likeness (QED) is 0.878. The summed E-state index contributed by atoms with van der Waals surface area (Å²) in [5.41, 5.74) is 2.32. The molecular formula is C16H20N2O4S2. The van der Waals surface area contributed by atoms with Crippen molar-refractivity contribution in [2.75, 3.05) is 18.8 Å². The molecule has 24 heavy (non-hydrogen) atoms. The lowest BCUT2D eigenvalue weighted by Crippen LogP contribution is -2.22. The minimum Gasteiger partial charge on any atom is -0.279 e. The zero-order valence-corrected chi connectivity index (χ0v) is 15.6. The van der Waals surface area contributed by atoms with Crippen LogP contribution in [0.25, 0.3) is 0 Å². The van der Waals surface area contributed by atoms with Crippen LogP contribution in [-0.2, 0) is 20.0 Å². The Morgan fingerprint density at radius 3 is 1.92 bits per heavy atom. The highest BCUT2D eigenvalue weighted by Crippen LogP contribution is 2.23. The Kier molecular flexibility index (Phi) is 5.03. The second kappa shape index (κ2) is 6.54. The lowest BCUT2D eigenvalue weighted by Gasteiger charge is -2.14. The summed E-state index contributed by atoms with van der Waals surface area (Å²) in [6.07, 6.45) is 0. The maximum Gasteiger partial charge on any atom is 0.261 e. The van der Waals surface area contributed by atoms with Gasteiger partial charge < -0.3 is 0 Å². The average molecular weight is 368 g/mol. The summed E-state index contributed by atoms with van der Waals surface area (Å²) in [5, 5.41) is 0. The topological polar surface area (TPSA) is 83.5 Å². The summed E-state index contributed by atoms with van der Waals surface area (Å²) in [4.78, 5) is 0.0410. The maximum atomic E-state index is 12.5. The monoisotopic (exact) mass is 368 g/mol. The molecule has 0 aliphatic heterocycles. The molecule has 130 valence electrons. The van der Waals surface area contributed by atoms with Gasteiger partial charge in [-0.25, -0.2) is 21.1 Å². The third kappa shape index (κ3) is 3.61. The van der Waals surface area contributed by atoms with E-state index in [0.717, 1.165) is 15.4 Å². The molecule has 2 aromatic rings. The molecule has 0 heterocycles.